The van der Waals surface area contributed by atoms with Gasteiger partial charge in [-0.1, -0.05) is 23.7 Å². The highest BCUT2D eigenvalue weighted by Crippen LogP contribution is 2.20. The Morgan fingerprint density at radius 1 is 1.04 bits per heavy atom. The molecule has 0 unspecified atom stereocenters. The molecule has 0 amide bonds. The molecule has 3 aromatic rings. The molecule has 0 saturated carbocycles. The Morgan fingerprint density at radius 2 is 1.78 bits per heavy atom. The van der Waals surface area contributed by atoms with Crippen molar-refractivity contribution < 1.29 is 4.74 Å². The highest BCUT2D eigenvalue weighted by atomic mass is 35.5. The SMILES string of the molecule is COc1ccc(-c2cnnc(NCc3ccc(Cl)cc3)n2)cc1. The van der Waals surface area contributed by atoms with E-state index in [-0.39, 0.29) is 0 Å². The summed E-state index contributed by atoms with van der Waals surface area (Å²) in [5.74, 6) is 1.28. The van der Waals surface area contributed by atoms with Gasteiger partial charge >= 0.3 is 0 Å². The van der Waals surface area contributed by atoms with E-state index in [4.69, 9.17) is 16.3 Å². The summed E-state index contributed by atoms with van der Waals surface area (Å²) in [6.07, 6.45) is 1.63. The van der Waals surface area contributed by atoms with Crippen LogP contribution in [0.1, 0.15) is 5.56 Å². The maximum atomic E-state index is 5.88. The molecule has 5 nitrogen and oxygen atoms in total. The fourth-order valence-corrected chi connectivity index (χ4v) is 2.19. The fraction of sp³-hybridized carbons (Fsp3) is 0.118. The molecule has 0 spiro atoms. The highest BCUT2D eigenvalue weighted by molar-refractivity contribution is 6.30. The van der Waals surface area contributed by atoms with Crippen LogP contribution in [0, 0.1) is 0 Å². The molecule has 3 rings (SSSR count). The number of halogens is 1. The van der Waals surface area contributed by atoms with Gasteiger partial charge in [0.1, 0.15) is 5.75 Å². The van der Waals surface area contributed by atoms with Crippen LogP contribution in [0.2, 0.25) is 5.02 Å². The number of hydrogen-bond acceptors (Lipinski definition) is 5. The summed E-state index contributed by atoms with van der Waals surface area (Å²) in [7, 11) is 1.64. The van der Waals surface area contributed by atoms with Gasteiger partial charge in [-0.15, -0.1) is 5.10 Å². The minimum absolute atomic E-state index is 0.480. The van der Waals surface area contributed by atoms with Crippen molar-refractivity contribution in [1.82, 2.24) is 15.2 Å². The van der Waals surface area contributed by atoms with E-state index in [1.165, 1.54) is 0 Å². The first-order chi connectivity index (χ1) is 11.2. The molecule has 1 aromatic heterocycles. The molecule has 116 valence electrons. The van der Waals surface area contributed by atoms with Gasteiger partial charge in [0.15, 0.2) is 0 Å². The first-order valence-corrected chi connectivity index (χ1v) is 7.45. The average molecular weight is 327 g/mol. The standard InChI is InChI=1S/C17H15ClN4O/c1-23-15-8-4-13(5-9-15)16-11-20-22-17(21-16)19-10-12-2-6-14(18)7-3-12/h2-9,11H,10H2,1H3,(H,19,21,22). The second-order valence-corrected chi connectivity index (χ2v) is 5.31. The number of anilines is 1. The summed E-state index contributed by atoms with van der Waals surface area (Å²) in [5, 5.41) is 11.9. The van der Waals surface area contributed by atoms with Crippen molar-refractivity contribution in [2.75, 3.05) is 12.4 Å². The van der Waals surface area contributed by atoms with E-state index >= 15 is 0 Å². The van der Waals surface area contributed by atoms with Crippen LogP contribution in [0.4, 0.5) is 5.95 Å². The molecule has 0 atom stereocenters. The van der Waals surface area contributed by atoms with E-state index < -0.39 is 0 Å². The van der Waals surface area contributed by atoms with Crippen LogP contribution < -0.4 is 10.1 Å². The minimum atomic E-state index is 0.480. The van der Waals surface area contributed by atoms with Crippen molar-refractivity contribution in [1.29, 1.82) is 0 Å². The number of ether oxygens (including phenoxy) is 1. The number of hydrogen-bond donors (Lipinski definition) is 1. The van der Waals surface area contributed by atoms with Gasteiger partial charge in [-0.05, 0) is 42.0 Å². The minimum Gasteiger partial charge on any atom is -0.497 e. The lowest BCUT2D eigenvalue weighted by molar-refractivity contribution is 0.415. The van der Waals surface area contributed by atoms with Crippen molar-refractivity contribution in [3.63, 3.8) is 0 Å². The van der Waals surface area contributed by atoms with E-state index in [1.54, 1.807) is 13.3 Å². The third-order valence-electron chi connectivity index (χ3n) is 3.31. The summed E-state index contributed by atoms with van der Waals surface area (Å²) in [4.78, 5) is 4.48. The van der Waals surface area contributed by atoms with Crippen LogP contribution in [0.5, 0.6) is 5.75 Å². The van der Waals surface area contributed by atoms with Crippen molar-refractivity contribution >= 4 is 17.5 Å². The van der Waals surface area contributed by atoms with Crippen LogP contribution >= 0.6 is 11.6 Å². The summed E-state index contributed by atoms with van der Waals surface area (Å²) < 4.78 is 5.15. The molecular weight excluding hydrogens is 312 g/mol. The van der Waals surface area contributed by atoms with Crippen molar-refractivity contribution in [2.45, 2.75) is 6.54 Å². The molecule has 0 bridgehead atoms. The third-order valence-corrected chi connectivity index (χ3v) is 3.56. The van der Waals surface area contributed by atoms with Gasteiger partial charge in [-0.2, -0.15) is 5.10 Å². The normalized spacial score (nSPS) is 10.3. The van der Waals surface area contributed by atoms with Gasteiger partial charge < -0.3 is 10.1 Å². The fourth-order valence-electron chi connectivity index (χ4n) is 2.06. The summed E-state index contributed by atoms with van der Waals surface area (Å²) in [5.41, 5.74) is 2.80. The van der Waals surface area contributed by atoms with Crippen LogP contribution in [-0.2, 0) is 6.54 Å². The monoisotopic (exact) mass is 326 g/mol. The third kappa shape index (κ3) is 3.96. The van der Waals surface area contributed by atoms with E-state index in [0.29, 0.717) is 17.5 Å². The number of nitrogens with zero attached hydrogens (tertiary/aromatic N) is 3. The molecule has 0 aliphatic heterocycles. The lowest BCUT2D eigenvalue weighted by atomic mass is 10.1. The molecular formula is C17H15ClN4O. The van der Waals surface area contributed by atoms with Crippen molar-refractivity contribution in [2.24, 2.45) is 0 Å². The molecule has 1 N–H and O–H groups in total. The lowest BCUT2D eigenvalue weighted by Crippen LogP contribution is -2.05. The molecule has 23 heavy (non-hydrogen) atoms. The molecule has 0 fully saturated rings. The summed E-state index contributed by atoms with van der Waals surface area (Å²) >= 11 is 5.88. The van der Waals surface area contributed by atoms with E-state index in [9.17, 15) is 0 Å². The Balaban J connectivity index is 1.72. The van der Waals surface area contributed by atoms with Gasteiger partial charge in [0.25, 0.3) is 0 Å². The molecule has 0 radical (unpaired) electrons. The molecule has 6 heteroatoms. The van der Waals surface area contributed by atoms with Crippen LogP contribution in [-0.4, -0.2) is 22.3 Å². The maximum absolute atomic E-state index is 5.88. The second kappa shape index (κ2) is 7.07. The Morgan fingerprint density at radius 3 is 2.48 bits per heavy atom. The number of methoxy groups -OCH3 is 1. The first kappa shape index (κ1) is 15.2. The molecule has 0 aliphatic rings. The second-order valence-electron chi connectivity index (χ2n) is 4.87. The van der Waals surface area contributed by atoms with Crippen LogP contribution in [0.15, 0.2) is 54.7 Å². The van der Waals surface area contributed by atoms with Crippen LogP contribution in [0.25, 0.3) is 11.3 Å². The maximum Gasteiger partial charge on any atom is 0.243 e. The topological polar surface area (TPSA) is 59.9 Å². The Hall–Kier alpha value is -2.66. The van der Waals surface area contributed by atoms with E-state index in [2.05, 4.69) is 20.5 Å². The smallest absolute Gasteiger partial charge is 0.243 e. The van der Waals surface area contributed by atoms with Crippen LogP contribution in [0.3, 0.4) is 0 Å². The van der Waals surface area contributed by atoms with Gasteiger partial charge in [0.05, 0.1) is 19.0 Å². The Labute approximate surface area is 139 Å². The van der Waals surface area contributed by atoms with Gasteiger partial charge in [-0.3, -0.25) is 0 Å². The van der Waals surface area contributed by atoms with Gasteiger partial charge in [0, 0.05) is 17.1 Å². The lowest BCUT2D eigenvalue weighted by Gasteiger charge is -2.07. The molecule has 2 aromatic carbocycles. The largest absolute Gasteiger partial charge is 0.497 e. The quantitative estimate of drug-likeness (QED) is 0.772. The molecule has 1 heterocycles. The summed E-state index contributed by atoms with van der Waals surface area (Å²) in [6.45, 7) is 0.602. The van der Waals surface area contributed by atoms with Gasteiger partial charge in [0.2, 0.25) is 5.95 Å². The molecule has 0 aliphatic carbocycles. The number of aromatic nitrogens is 3. The highest BCUT2D eigenvalue weighted by Gasteiger charge is 2.04. The van der Waals surface area contributed by atoms with Crippen molar-refractivity contribution in [3.8, 4) is 17.0 Å². The molecule has 0 saturated heterocycles. The zero-order valence-corrected chi connectivity index (χ0v) is 13.3. The van der Waals surface area contributed by atoms with Gasteiger partial charge in [-0.25, -0.2) is 4.98 Å². The first-order valence-electron chi connectivity index (χ1n) is 7.07. The van der Waals surface area contributed by atoms with E-state index in [0.717, 1.165) is 22.6 Å². The van der Waals surface area contributed by atoms with E-state index in [1.807, 2.05) is 48.5 Å². The zero-order valence-electron chi connectivity index (χ0n) is 12.5. The number of nitrogens with one attached hydrogen (secondary N) is 1. The number of rotatable bonds is 5. The zero-order chi connectivity index (χ0) is 16.1. The van der Waals surface area contributed by atoms with Crippen molar-refractivity contribution in [3.05, 3.63) is 65.3 Å². The Bertz CT molecular complexity index is 775. The predicted molar refractivity (Wildman–Crippen MR) is 90.6 cm³/mol. The Kier molecular flexibility index (Phi) is 4.68. The summed E-state index contributed by atoms with van der Waals surface area (Å²) in [6, 6.07) is 15.3. The predicted octanol–water partition coefficient (Wildman–Crippen LogP) is 3.81. The average Bonchev–Trinajstić information content (AvgIpc) is 2.61. The number of benzene rings is 2.